The van der Waals surface area contributed by atoms with Gasteiger partial charge in [-0.2, -0.15) is 0 Å². The summed E-state index contributed by atoms with van der Waals surface area (Å²) in [5.41, 5.74) is 1.64. The number of rotatable bonds is 3. The highest BCUT2D eigenvalue weighted by Gasteiger charge is 2.07. The van der Waals surface area contributed by atoms with Crippen molar-refractivity contribution >= 4 is 38.7 Å². The summed E-state index contributed by atoms with van der Waals surface area (Å²) in [5.74, 6) is -0.328. The van der Waals surface area contributed by atoms with Gasteiger partial charge in [0.05, 0.1) is 4.90 Å². The van der Waals surface area contributed by atoms with Crippen LogP contribution < -0.4 is 15.8 Å². The molecule has 0 unspecified atom stereocenters. The molecule has 4 N–H and O–H groups in total. The number of aryl methyl sites for hydroxylation is 1. The molecule has 5 nitrogen and oxygen atoms in total. The summed E-state index contributed by atoms with van der Waals surface area (Å²) in [7, 11) is -3.72. The van der Waals surface area contributed by atoms with Gasteiger partial charge in [0.2, 0.25) is 10.0 Å². The number of primary sulfonamides is 1. The van der Waals surface area contributed by atoms with Crippen molar-refractivity contribution in [2.24, 2.45) is 5.14 Å². The fourth-order valence-electron chi connectivity index (χ4n) is 1.69. The lowest BCUT2D eigenvalue weighted by Crippen LogP contribution is -2.19. The number of hydrogen-bond donors (Lipinski definition) is 3. The van der Waals surface area contributed by atoms with E-state index in [1.807, 2.05) is 0 Å². The van der Waals surface area contributed by atoms with E-state index in [1.165, 1.54) is 30.3 Å². The molecule has 2 rings (SSSR count). The second-order valence-corrected chi connectivity index (χ2v) is 6.58. The highest BCUT2D eigenvalue weighted by Crippen LogP contribution is 2.15. The Kier molecular flexibility index (Phi) is 4.74. The number of hydrogen-bond acceptors (Lipinski definition) is 3. The first-order chi connectivity index (χ1) is 10.3. The van der Waals surface area contributed by atoms with E-state index < -0.39 is 10.0 Å². The largest absolute Gasteiger partial charge is 0.332 e. The van der Waals surface area contributed by atoms with Gasteiger partial charge in [-0.3, -0.25) is 0 Å². The van der Waals surface area contributed by atoms with E-state index >= 15 is 0 Å². The van der Waals surface area contributed by atoms with Crippen molar-refractivity contribution in [2.45, 2.75) is 11.8 Å². The maximum atomic E-state index is 13.4. The third-order valence-corrected chi connectivity index (χ3v) is 4.00. The van der Waals surface area contributed by atoms with Crippen LogP contribution in [0.5, 0.6) is 0 Å². The quantitative estimate of drug-likeness (QED) is 0.749. The Bertz CT molecular complexity index is 805. The van der Waals surface area contributed by atoms with Gasteiger partial charge in [0.25, 0.3) is 0 Å². The first-order valence-electron chi connectivity index (χ1n) is 6.23. The van der Waals surface area contributed by atoms with E-state index in [0.29, 0.717) is 16.9 Å². The highest BCUT2D eigenvalue weighted by atomic mass is 32.2. The van der Waals surface area contributed by atoms with Crippen molar-refractivity contribution in [1.29, 1.82) is 0 Å². The Morgan fingerprint density at radius 1 is 1.09 bits per heavy atom. The number of nitrogens with one attached hydrogen (secondary N) is 2. The Labute approximate surface area is 133 Å². The van der Waals surface area contributed by atoms with Crippen LogP contribution in [0.4, 0.5) is 15.8 Å². The smallest absolute Gasteiger partial charge is 0.238 e. The van der Waals surface area contributed by atoms with Gasteiger partial charge in [0.1, 0.15) is 5.82 Å². The van der Waals surface area contributed by atoms with E-state index in [-0.39, 0.29) is 15.8 Å². The van der Waals surface area contributed by atoms with Crippen LogP contribution in [0.1, 0.15) is 5.56 Å². The zero-order chi connectivity index (χ0) is 16.3. The maximum absolute atomic E-state index is 13.4. The zero-order valence-corrected chi connectivity index (χ0v) is 13.3. The summed E-state index contributed by atoms with van der Waals surface area (Å²) in [6.07, 6.45) is 0. The first-order valence-corrected chi connectivity index (χ1v) is 8.18. The van der Waals surface area contributed by atoms with Crippen molar-refractivity contribution in [1.82, 2.24) is 0 Å². The summed E-state index contributed by atoms with van der Waals surface area (Å²) < 4.78 is 35.7. The maximum Gasteiger partial charge on any atom is 0.238 e. The molecule has 0 aliphatic heterocycles. The molecule has 0 fully saturated rings. The van der Waals surface area contributed by atoms with Gasteiger partial charge in [0, 0.05) is 11.4 Å². The fraction of sp³-hybridized carbons (Fsp3) is 0.0714. The lowest BCUT2D eigenvalue weighted by molar-refractivity contribution is 0.598. The normalized spacial score (nSPS) is 11.0. The van der Waals surface area contributed by atoms with Crippen molar-refractivity contribution in [2.75, 3.05) is 10.6 Å². The number of halogens is 1. The molecular formula is C14H14FN3O2S2. The minimum Gasteiger partial charge on any atom is -0.332 e. The van der Waals surface area contributed by atoms with Crippen LogP contribution in [0.15, 0.2) is 47.4 Å². The molecule has 2 aromatic carbocycles. The SMILES string of the molecule is Cc1ccc(NC(=S)Nc2ccc(S(N)(=O)=O)cc2)cc1F. The molecule has 0 radical (unpaired) electrons. The van der Waals surface area contributed by atoms with Crippen LogP contribution >= 0.6 is 12.2 Å². The lowest BCUT2D eigenvalue weighted by Gasteiger charge is -2.11. The third kappa shape index (κ3) is 4.23. The van der Waals surface area contributed by atoms with Gasteiger partial charge in [-0.15, -0.1) is 0 Å². The van der Waals surface area contributed by atoms with E-state index in [4.69, 9.17) is 17.4 Å². The van der Waals surface area contributed by atoms with Gasteiger partial charge in [-0.05, 0) is 61.1 Å². The molecule has 8 heteroatoms. The van der Waals surface area contributed by atoms with Gasteiger partial charge >= 0.3 is 0 Å². The summed E-state index contributed by atoms with van der Waals surface area (Å²) in [6.45, 7) is 1.67. The number of benzene rings is 2. The van der Waals surface area contributed by atoms with Crippen molar-refractivity contribution in [3.63, 3.8) is 0 Å². The molecule has 2 aromatic rings. The Hall–Kier alpha value is -2.03. The van der Waals surface area contributed by atoms with E-state index in [1.54, 1.807) is 19.1 Å². The number of nitrogens with two attached hydrogens (primary N) is 1. The molecule has 0 spiro atoms. The van der Waals surface area contributed by atoms with Gasteiger partial charge in [-0.1, -0.05) is 6.07 Å². The minimum atomic E-state index is -3.72. The minimum absolute atomic E-state index is 0.0116. The Morgan fingerprint density at radius 2 is 1.64 bits per heavy atom. The monoisotopic (exact) mass is 339 g/mol. The van der Waals surface area contributed by atoms with Crippen LogP contribution in [0.3, 0.4) is 0 Å². The molecule has 0 aliphatic carbocycles. The molecule has 0 atom stereocenters. The molecule has 0 amide bonds. The summed E-state index contributed by atoms with van der Waals surface area (Å²) in [4.78, 5) is 0.0116. The Balaban J connectivity index is 2.04. The van der Waals surface area contributed by atoms with Gasteiger partial charge in [0.15, 0.2) is 5.11 Å². The molecule has 22 heavy (non-hydrogen) atoms. The third-order valence-electron chi connectivity index (χ3n) is 2.87. The van der Waals surface area contributed by atoms with Crippen LogP contribution in [0.25, 0.3) is 0 Å². The van der Waals surface area contributed by atoms with E-state index in [0.717, 1.165) is 0 Å². The van der Waals surface area contributed by atoms with E-state index in [2.05, 4.69) is 10.6 Å². The molecular weight excluding hydrogens is 325 g/mol. The number of thiocarbonyl (C=S) groups is 1. The van der Waals surface area contributed by atoms with Crippen LogP contribution in [0, 0.1) is 12.7 Å². The zero-order valence-electron chi connectivity index (χ0n) is 11.6. The molecule has 0 saturated heterocycles. The van der Waals surface area contributed by atoms with Crippen LogP contribution in [0.2, 0.25) is 0 Å². The summed E-state index contributed by atoms with van der Waals surface area (Å²) >= 11 is 5.11. The van der Waals surface area contributed by atoms with Crippen molar-refractivity contribution in [3.8, 4) is 0 Å². The standard InChI is InChI=1S/C14H14FN3O2S2/c1-9-2-3-11(8-13(9)15)18-14(21)17-10-4-6-12(7-5-10)22(16,19)20/h2-8H,1H3,(H2,16,19,20)(H2,17,18,21). The average Bonchev–Trinajstić information content (AvgIpc) is 2.42. The van der Waals surface area contributed by atoms with Crippen molar-refractivity contribution < 1.29 is 12.8 Å². The second kappa shape index (κ2) is 6.39. The molecule has 0 aromatic heterocycles. The van der Waals surface area contributed by atoms with E-state index in [9.17, 15) is 12.8 Å². The van der Waals surface area contributed by atoms with Crippen LogP contribution in [-0.2, 0) is 10.0 Å². The topological polar surface area (TPSA) is 84.2 Å². The highest BCUT2D eigenvalue weighted by molar-refractivity contribution is 7.89. The first kappa shape index (κ1) is 16.3. The summed E-state index contributed by atoms with van der Waals surface area (Å²) in [6, 6.07) is 10.5. The van der Waals surface area contributed by atoms with Gasteiger partial charge in [-0.25, -0.2) is 17.9 Å². The number of anilines is 2. The van der Waals surface area contributed by atoms with Gasteiger partial charge < -0.3 is 10.6 Å². The number of sulfonamides is 1. The fourth-order valence-corrected chi connectivity index (χ4v) is 2.44. The second-order valence-electron chi connectivity index (χ2n) is 4.61. The lowest BCUT2D eigenvalue weighted by atomic mass is 10.2. The predicted molar refractivity (Wildman–Crippen MR) is 88.8 cm³/mol. The summed E-state index contributed by atoms with van der Waals surface area (Å²) in [5, 5.41) is 11.0. The van der Waals surface area contributed by atoms with Crippen LogP contribution in [-0.4, -0.2) is 13.5 Å². The molecule has 0 aliphatic rings. The molecule has 0 heterocycles. The molecule has 0 bridgehead atoms. The van der Waals surface area contributed by atoms with Crippen molar-refractivity contribution in [3.05, 3.63) is 53.8 Å². The molecule has 0 saturated carbocycles. The predicted octanol–water partition coefficient (Wildman–Crippen LogP) is 2.59. The Morgan fingerprint density at radius 3 is 2.18 bits per heavy atom. The average molecular weight is 339 g/mol. The molecule has 116 valence electrons.